The molecular weight excluding hydrogens is 486 g/mol. The van der Waals surface area contributed by atoms with Gasteiger partial charge in [0, 0.05) is 31.3 Å². The molecule has 2 aromatic rings. The predicted octanol–water partition coefficient (Wildman–Crippen LogP) is 3.60. The van der Waals surface area contributed by atoms with E-state index in [1.165, 1.54) is 0 Å². The highest BCUT2D eigenvalue weighted by Gasteiger charge is 2.32. The molecule has 3 rings (SSSR count). The molecule has 1 heterocycles. The molecule has 1 unspecified atom stereocenters. The van der Waals surface area contributed by atoms with Crippen LogP contribution in [0, 0.1) is 11.8 Å². The van der Waals surface area contributed by atoms with E-state index in [2.05, 4.69) is 16.0 Å². The number of amides is 3. The van der Waals surface area contributed by atoms with Crippen molar-refractivity contribution in [2.75, 3.05) is 6.54 Å². The van der Waals surface area contributed by atoms with Crippen LogP contribution in [0.15, 0.2) is 60.7 Å². The fraction of sp³-hybridized carbons (Fsp3) is 0.448. The molecule has 1 fully saturated rings. The van der Waals surface area contributed by atoms with Crippen molar-refractivity contribution in [1.29, 1.82) is 0 Å². The summed E-state index contributed by atoms with van der Waals surface area (Å²) in [7, 11) is 0. The summed E-state index contributed by atoms with van der Waals surface area (Å²) in [5, 5.41) is 17.6. The van der Waals surface area contributed by atoms with Crippen molar-refractivity contribution >= 4 is 23.9 Å². The van der Waals surface area contributed by atoms with E-state index in [0.29, 0.717) is 25.8 Å². The van der Waals surface area contributed by atoms with Crippen LogP contribution in [0.2, 0.25) is 0 Å². The molecule has 4 atom stereocenters. The van der Waals surface area contributed by atoms with Gasteiger partial charge in [0.25, 0.3) is 0 Å². The Hall–Kier alpha value is -3.88. The van der Waals surface area contributed by atoms with Crippen LogP contribution in [0.5, 0.6) is 0 Å². The minimum atomic E-state index is -1.20. The minimum Gasteiger partial charge on any atom is -0.480 e. The topological polar surface area (TPSA) is 134 Å². The zero-order chi connectivity index (χ0) is 27.5. The molecule has 38 heavy (non-hydrogen) atoms. The Morgan fingerprint density at radius 3 is 2.26 bits per heavy atom. The Balaban J connectivity index is 1.63. The first-order valence-electron chi connectivity index (χ1n) is 13.1. The Labute approximate surface area is 223 Å². The van der Waals surface area contributed by atoms with Crippen LogP contribution in [0.1, 0.15) is 56.8 Å². The van der Waals surface area contributed by atoms with E-state index in [-0.39, 0.29) is 24.7 Å². The smallest absolute Gasteiger partial charge is 0.407 e. The second kappa shape index (κ2) is 14.2. The number of hydrogen-bond acceptors (Lipinski definition) is 5. The van der Waals surface area contributed by atoms with Crippen molar-refractivity contribution in [3.8, 4) is 0 Å². The quantitative estimate of drug-likeness (QED) is 0.317. The third kappa shape index (κ3) is 9.21. The number of alkyl carbamates (subject to hydrolysis) is 1. The number of carbonyl (C=O) groups excluding carboxylic acids is 3. The highest BCUT2D eigenvalue weighted by Crippen LogP contribution is 2.23. The lowest BCUT2D eigenvalue weighted by Crippen LogP contribution is -2.46. The molecular formula is C29H37N3O6. The average Bonchev–Trinajstić information content (AvgIpc) is 3.28. The van der Waals surface area contributed by atoms with Crippen LogP contribution < -0.4 is 16.0 Å². The van der Waals surface area contributed by atoms with Gasteiger partial charge in [0.1, 0.15) is 12.1 Å². The first-order chi connectivity index (χ1) is 18.2. The van der Waals surface area contributed by atoms with Crippen molar-refractivity contribution in [3.05, 3.63) is 71.8 Å². The second-order valence-corrected chi connectivity index (χ2v) is 10.1. The largest absolute Gasteiger partial charge is 0.480 e. The van der Waals surface area contributed by atoms with Crippen molar-refractivity contribution in [2.45, 2.75) is 64.1 Å². The van der Waals surface area contributed by atoms with Gasteiger partial charge in [-0.1, -0.05) is 74.5 Å². The van der Waals surface area contributed by atoms with Crippen LogP contribution in [-0.2, 0) is 25.5 Å². The highest BCUT2D eigenvalue weighted by molar-refractivity contribution is 5.86. The number of rotatable bonds is 13. The number of carboxylic acids is 1. The van der Waals surface area contributed by atoms with Crippen molar-refractivity contribution in [3.63, 3.8) is 0 Å². The van der Waals surface area contributed by atoms with E-state index in [9.17, 15) is 24.3 Å². The Kier molecular flexibility index (Phi) is 10.7. The summed E-state index contributed by atoms with van der Waals surface area (Å²) in [5.74, 6) is -2.19. The molecule has 1 aliphatic heterocycles. The molecule has 0 aliphatic carbocycles. The molecule has 2 aromatic carbocycles. The third-order valence-electron chi connectivity index (χ3n) is 6.51. The third-order valence-corrected chi connectivity index (χ3v) is 6.51. The molecule has 204 valence electrons. The second-order valence-electron chi connectivity index (χ2n) is 10.1. The number of nitrogens with one attached hydrogen (secondary N) is 3. The SMILES string of the molecule is CC(C)C[C@@H](CC(=O)N[C@@H](C[C@@H]1CCNC1=O)C(=O)O)NC(=O)OC(Cc1ccccc1)c1ccccc1. The summed E-state index contributed by atoms with van der Waals surface area (Å²) in [5.41, 5.74) is 1.87. The molecule has 0 saturated carbocycles. The van der Waals surface area contributed by atoms with E-state index in [1.807, 2.05) is 74.5 Å². The van der Waals surface area contributed by atoms with Crippen molar-refractivity contribution in [1.82, 2.24) is 16.0 Å². The first kappa shape index (κ1) is 28.7. The lowest BCUT2D eigenvalue weighted by Gasteiger charge is -2.24. The van der Waals surface area contributed by atoms with Gasteiger partial charge in [-0.05, 0) is 36.3 Å². The summed E-state index contributed by atoms with van der Waals surface area (Å²) >= 11 is 0. The van der Waals surface area contributed by atoms with Gasteiger partial charge in [0.15, 0.2) is 0 Å². The van der Waals surface area contributed by atoms with E-state index in [4.69, 9.17) is 4.74 Å². The maximum atomic E-state index is 13.0. The summed E-state index contributed by atoms with van der Waals surface area (Å²) in [6.07, 6.45) is 0.264. The number of carbonyl (C=O) groups is 4. The van der Waals surface area contributed by atoms with Gasteiger partial charge in [-0.2, -0.15) is 0 Å². The zero-order valence-electron chi connectivity index (χ0n) is 21.9. The number of aliphatic carboxylic acids is 1. The van der Waals surface area contributed by atoms with Gasteiger partial charge in [-0.3, -0.25) is 9.59 Å². The molecule has 0 spiro atoms. The van der Waals surface area contributed by atoms with Gasteiger partial charge in [-0.25, -0.2) is 9.59 Å². The first-order valence-corrected chi connectivity index (χ1v) is 13.1. The van der Waals surface area contributed by atoms with E-state index in [1.54, 1.807) is 0 Å². The Morgan fingerprint density at radius 1 is 1.03 bits per heavy atom. The van der Waals surface area contributed by atoms with Crippen LogP contribution in [-0.4, -0.2) is 47.6 Å². The molecule has 0 bridgehead atoms. The summed E-state index contributed by atoms with van der Waals surface area (Å²) in [4.78, 5) is 49.4. The van der Waals surface area contributed by atoms with Crippen molar-refractivity contribution in [2.24, 2.45) is 11.8 Å². The van der Waals surface area contributed by atoms with Gasteiger partial charge < -0.3 is 25.8 Å². The highest BCUT2D eigenvalue weighted by atomic mass is 16.6. The number of benzene rings is 2. The normalized spacial score (nSPS) is 17.2. The number of carboxylic acid groups (broad SMARTS) is 1. The lowest BCUT2D eigenvalue weighted by molar-refractivity contribution is -0.142. The fourth-order valence-electron chi connectivity index (χ4n) is 4.67. The lowest BCUT2D eigenvalue weighted by atomic mass is 9.97. The molecule has 1 saturated heterocycles. The van der Waals surface area contributed by atoms with Crippen LogP contribution in [0.3, 0.4) is 0 Å². The molecule has 9 nitrogen and oxygen atoms in total. The van der Waals surface area contributed by atoms with Crippen LogP contribution in [0.25, 0.3) is 0 Å². The van der Waals surface area contributed by atoms with Gasteiger partial charge >= 0.3 is 12.1 Å². The van der Waals surface area contributed by atoms with Crippen molar-refractivity contribution < 1.29 is 29.0 Å². The molecule has 9 heteroatoms. The Morgan fingerprint density at radius 2 is 1.68 bits per heavy atom. The maximum absolute atomic E-state index is 13.0. The van der Waals surface area contributed by atoms with Gasteiger partial charge in [0.2, 0.25) is 11.8 Å². The molecule has 1 aliphatic rings. The zero-order valence-corrected chi connectivity index (χ0v) is 21.9. The molecule has 0 aromatic heterocycles. The van der Waals surface area contributed by atoms with E-state index >= 15 is 0 Å². The average molecular weight is 524 g/mol. The van der Waals surface area contributed by atoms with Gasteiger partial charge in [0.05, 0.1) is 0 Å². The number of hydrogen-bond donors (Lipinski definition) is 4. The monoisotopic (exact) mass is 523 g/mol. The summed E-state index contributed by atoms with van der Waals surface area (Å²) in [6.45, 7) is 4.44. The van der Waals surface area contributed by atoms with Gasteiger partial charge in [-0.15, -0.1) is 0 Å². The summed E-state index contributed by atoms with van der Waals surface area (Å²) < 4.78 is 5.83. The predicted molar refractivity (Wildman–Crippen MR) is 142 cm³/mol. The summed E-state index contributed by atoms with van der Waals surface area (Å²) in [6, 6.07) is 17.4. The Bertz CT molecular complexity index is 1080. The molecule has 3 amide bonds. The maximum Gasteiger partial charge on any atom is 0.407 e. The van der Waals surface area contributed by atoms with Crippen LogP contribution >= 0.6 is 0 Å². The van der Waals surface area contributed by atoms with E-state index < -0.39 is 42.1 Å². The van der Waals surface area contributed by atoms with E-state index in [0.717, 1.165) is 11.1 Å². The fourth-order valence-corrected chi connectivity index (χ4v) is 4.67. The molecule has 0 radical (unpaired) electrons. The molecule has 4 N–H and O–H groups in total. The minimum absolute atomic E-state index is 0.0233. The number of ether oxygens (including phenoxy) is 1. The van der Waals surface area contributed by atoms with Crippen LogP contribution in [0.4, 0.5) is 4.79 Å². The standard InChI is InChI=1S/C29H37N3O6/c1-19(2)15-23(18-26(33)32-24(28(35)36)17-22-13-14-30-27(22)34)31-29(37)38-25(21-11-7-4-8-12-21)16-20-9-5-3-6-10-20/h3-12,19,22-25H,13-18H2,1-2H3,(H,30,34)(H,31,37)(H,32,33)(H,35,36)/t22-,23-,24-,25?/m0/s1.